The molecule has 0 aliphatic rings. The number of hydrogen-bond acceptors (Lipinski definition) is 4. The van der Waals surface area contributed by atoms with Crippen molar-refractivity contribution in [2.24, 2.45) is 0 Å². The molecule has 1 aromatic carbocycles. The Balaban J connectivity index is 2.29. The third kappa shape index (κ3) is 2.04. The summed E-state index contributed by atoms with van der Waals surface area (Å²) in [6.45, 7) is 1.85. The number of nitrogens with two attached hydrogens (primary N) is 1. The second-order valence-electron chi connectivity index (χ2n) is 3.21. The van der Waals surface area contributed by atoms with Crippen LogP contribution >= 0.6 is 0 Å². The smallest absolute Gasteiger partial charge is 0.157 e. The Hall–Kier alpha value is -2.10. The monoisotopic (exact) mass is 200 g/mol. The molecule has 2 rings (SSSR count). The van der Waals surface area contributed by atoms with E-state index in [2.05, 4.69) is 15.3 Å². The Kier molecular flexibility index (Phi) is 2.49. The van der Waals surface area contributed by atoms with Crippen LogP contribution in [0.25, 0.3) is 0 Å². The molecule has 0 spiro atoms. The number of nitrogens with zero attached hydrogens (tertiary/aromatic N) is 2. The number of aryl methyl sites for hydroxylation is 1. The zero-order valence-electron chi connectivity index (χ0n) is 8.44. The standard InChI is InChI=1S/C11H12N4/c1-8-10(12)11(14-7-13-8)15-9-5-3-2-4-6-9/h2-7H,12H2,1H3,(H,13,14,15). The topological polar surface area (TPSA) is 63.8 Å². The lowest BCUT2D eigenvalue weighted by atomic mass is 10.3. The van der Waals surface area contributed by atoms with Crippen LogP contribution in [0.3, 0.4) is 0 Å². The van der Waals surface area contributed by atoms with Gasteiger partial charge in [0.25, 0.3) is 0 Å². The van der Waals surface area contributed by atoms with Gasteiger partial charge in [-0.25, -0.2) is 9.97 Å². The molecule has 0 atom stereocenters. The van der Waals surface area contributed by atoms with Crippen LogP contribution < -0.4 is 11.1 Å². The van der Waals surface area contributed by atoms with Crippen molar-refractivity contribution in [2.75, 3.05) is 11.1 Å². The minimum atomic E-state index is 0.585. The average molecular weight is 200 g/mol. The fourth-order valence-electron chi connectivity index (χ4n) is 1.24. The van der Waals surface area contributed by atoms with E-state index in [4.69, 9.17) is 5.73 Å². The number of benzene rings is 1. The van der Waals surface area contributed by atoms with E-state index in [1.54, 1.807) is 0 Å². The molecule has 0 radical (unpaired) electrons. The number of aromatic nitrogens is 2. The molecule has 2 aromatic rings. The van der Waals surface area contributed by atoms with Crippen molar-refractivity contribution in [3.63, 3.8) is 0 Å². The average Bonchev–Trinajstić information content (AvgIpc) is 2.26. The van der Waals surface area contributed by atoms with Crippen molar-refractivity contribution in [2.45, 2.75) is 6.92 Å². The number of rotatable bonds is 2. The highest BCUT2D eigenvalue weighted by Crippen LogP contribution is 2.21. The number of hydrogen-bond donors (Lipinski definition) is 2. The third-order valence-corrected chi connectivity index (χ3v) is 2.12. The summed E-state index contributed by atoms with van der Waals surface area (Å²) in [6, 6.07) is 9.77. The summed E-state index contributed by atoms with van der Waals surface area (Å²) in [7, 11) is 0. The molecule has 1 aromatic heterocycles. The van der Waals surface area contributed by atoms with Crippen LogP contribution in [0.2, 0.25) is 0 Å². The highest BCUT2D eigenvalue weighted by Gasteiger charge is 2.03. The van der Waals surface area contributed by atoms with Gasteiger partial charge in [0.2, 0.25) is 0 Å². The highest BCUT2D eigenvalue weighted by atomic mass is 15.0. The largest absolute Gasteiger partial charge is 0.394 e. The summed E-state index contributed by atoms with van der Waals surface area (Å²) >= 11 is 0. The van der Waals surface area contributed by atoms with Gasteiger partial charge in [-0.15, -0.1) is 0 Å². The van der Waals surface area contributed by atoms with Crippen LogP contribution in [0.1, 0.15) is 5.69 Å². The third-order valence-electron chi connectivity index (χ3n) is 2.12. The molecule has 0 aliphatic heterocycles. The van der Waals surface area contributed by atoms with Crippen molar-refractivity contribution in [1.29, 1.82) is 0 Å². The van der Waals surface area contributed by atoms with E-state index in [1.807, 2.05) is 37.3 Å². The first-order valence-corrected chi connectivity index (χ1v) is 4.66. The fraction of sp³-hybridized carbons (Fsp3) is 0.0909. The Morgan fingerprint density at radius 2 is 1.87 bits per heavy atom. The summed E-state index contributed by atoms with van der Waals surface area (Å²) < 4.78 is 0. The predicted molar refractivity (Wildman–Crippen MR) is 60.9 cm³/mol. The van der Waals surface area contributed by atoms with Gasteiger partial charge in [-0.05, 0) is 19.1 Å². The van der Waals surface area contributed by atoms with E-state index in [0.717, 1.165) is 11.4 Å². The summed E-state index contributed by atoms with van der Waals surface area (Å²) in [5.74, 6) is 0.647. The molecule has 0 bridgehead atoms. The van der Waals surface area contributed by atoms with Crippen LogP contribution in [0, 0.1) is 6.92 Å². The summed E-state index contributed by atoms with van der Waals surface area (Å²) in [4.78, 5) is 8.09. The van der Waals surface area contributed by atoms with Gasteiger partial charge < -0.3 is 11.1 Å². The van der Waals surface area contributed by atoms with Crippen LogP contribution in [0.4, 0.5) is 17.2 Å². The van der Waals surface area contributed by atoms with Gasteiger partial charge in [0.05, 0.1) is 11.4 Å². The molecule has 0 amide bonds. The number of nitrogen functional groups attached to an aromatic ring is 1. The molecular weight excluding hydrogens is 188 g/mol. The van der Waals surface area contributed by atoms with Crippen LogP contribution in [-0.2, 0) is 0 Å². The van der Waals surface area contributed by atoms with Gasteiger partial charge in [-0.2, -0.15) is 0 Å². The van der Waals surface area contributed by atoms with E-state index < -0.39 is 0 Å². The SMILES string of the molecule is Cc1ncnc(Nc2ccccc2)c1N. The molecule has 0 unspecified atom stereocenters. The normalized spacial score (nSPS) is 9.93. The van der Waals surface area contributed by atoms with Crippen molar-refractivity contribution in [1.82, 2.24) is 9.97 Å². The van der Waals surface area contributed by atoms with Gasteiger partial charge in [0, 0.05) is 5.69 Å². The molecule has 3 N–H and O–H groups in total. The van der Waals surface area contributed by atoms with Crippen LogP contribution in [0.5, 0.6) is 0 Å². The first kappa shape index (κ1) is 9.45. The molecule has 0 saturated heterocycles. The van der Waals surface area contributed by atoms with E-state index in [1.165, 1.54) is 6.33 Å². The van der Waals surface area contributed by atoms with E-state index in [0.29, 0.717) is 11.5 Å². The van der Waals surface area contributed by atoms with E-state index in [9.17, 15) is 0 Å². The van der Waals surface area contributed by atoms with Crippen LogP contribution in [-0.4, -0.2) is 9.97 Å². The van der Waals surface area contributed by atoms with Crippen molar-refractivity contribution in [3.05, 3.63) is 42.4 Å². The molecular formula is C11H12N4. The summed E-state index contributed by atoms with van der Waals surface area (Å²) in [5.41, 5.74) is 8.17. The highest BCUT2D eigenvalue weighted by molar-refractivity contribution is 5.69. The van der Waals surface area contributed by atoms with Crippen molar-refractivity contribution < 1.29 is 0 Å². The van der Waals surface area contributed by atoms with E-state index >= 15 is 0 Å². The number of anilines is 3. The molecule has 0 saturated carbocycles. The van der Waals surface area contributed by atoms with Gasteiger partial charge in [-0.1, -0.05) is 18.2 Å². The lowest BCUT2D eigenvalue weighted by Crippen LogP contribution is -2.02. The predicted octanol–water partition coefficient (Wildman–Crippen LogP) is 2.11. The zero-order valence-corrected chi connectivity index (χ0v) is 8.44. The zero-order chi connectivity index (χ0) is 10.7. The van der Waals surface area contributed by atoms with Crippen molar-refractivity contribution >= 4 is 17.2 Å². The number of nitrogens with one attached hydrogen (secondary N) is 1. The first-order chi connectivity index (χ1) is 7.27. The second kappa shape index (κ2) is 3.96. The molecule has 4 heteroatoms. The Morgan fingerprint density at radius 3 is 2.60 bits per heavy atom. The molecule has 1 heterocycles. The molecule has 0 aliphatic carbocycles. The Morgan fingerprint density at radius 1 is 1.13 bits per heavy atom. The Bertz CT molecular complexity index is 453. The van der Waals surface area contributed by atoms with Crippen LogP contribution in [0.15, 0.2) is 36.7 Å². The van der Waals surface area contributed by atoms with Gasteiger partial charge in [0.15, 0.2) is 5.82 Å². The molecule has 0 fully saturated rings. The fourth-order valence-corrected chi connectivity index (χ4v) is 1.24. The maximum atomic E-state index is 5.84. The lowest BCUT2D eigenvalue weighted by Gasteiger charge is -2.08. The second-order valence-corrected chi connectivity index (χ2v) is 3.21. The molecule has 4 nitrogen and oxygen atoms in total. The minimum absolute atomic E-state index is 0.585. The van der Waals surface area contributed by atoms with Gasteiger partial charge in [-0.3, -0.25) is 0 Å². The Labute approximate surface area is 88.2 Å². The quantitative estimate of drug-likeness (QED) is 0.779. The lowest BCUT2D eigenvalue weighted by molar-refractivity contribution is 1.11. The minimum Gasteiger partial charge on any atom is -0.394 e. The number of para-hydroxylation sites is 1. The first-order valence-electron chi connectivity index (χ1n) is 4.66. The van der Waals surface area contributed by atoms with Gasteiger partial charge in [0.1, 0.15) is 6.33 Å². The molecule has 15 heavy (non-hydrogen) atoms. The maximum absolute atomic E-state index is 5.84. The van der Waals surface area contributed by atoms with Crippen molar-refractivity contribution in [3.8, 4) is 0 Å². The van der Waals surface area contributed by atoms with E-state index in [-0.39, 0.29) is 0 Å². The molecule has 76 valence electrons. The maximum Gasteiger partial charge on any atom is 0.157 e. The summed E-state index contributed by atoms with van der Waals surface area (Å²) in [5, 5.41) is 3.14. The van der Waals surface area contributed by atoms with Gasteiger partial charge >= 0.3 is 0 Å². The summed E-state index contributed by atoms with van der Waals surface area (Å²) in [6.07, 6.45) is 1.50.